The zero-order valence-corrected chi connectivity index (χ0v) is 12.4. The highest BCUT2D eigenvalue weighted by molar-refractivity contribution is 5.43. The fraction of sp³-hybridized carbons (Fsp3) is 0.294. The summed E-state index contributed by atoms with van der Waals surface area (Å²) in [6.07, 6.45) is 0. The molecule has 1 unspecified atom stereocenters. The largest absolute Gasteiger partial charge is 0.434 e. The SMILES string of the molecule is CNC(c1cc(C)cc(C)c1)c1ccccc1OC(F)F. The fourth-order valence-electron chi connectivity index (χ4n) is 2.60. The Hall–Kier alpha value is -1.94. The van der Waals surface area contributed by atoms with Crippen molar-refractivity contribution in [2.45, 2.75) is 26.5 Å². The topological polar surface area (TPSA) is 21.3 Å². The molecule has 0 aliphatic rings. The summed E-state index contributed by atoms with van der Waals surface area (Å²) in [5.74, 6) is 0.200. The Balaban J connectivity index is 2.46. The standard InChI is InChI=1S/C17H19F2NO/c1-11-8-12(2)10-13(9-11)16(20-3)14-6-4-5-7-15(14)21-17(18)19/h4-10,16-17,20H,1-3H3. The molecule has 0 aromatic heterocycles. The molecule has 0 saturated heterocycles. The molecule has 21 heavy (non-hydrogen) atoms. The first-order valence-electron chi connectivity index (χ1n) is 6.80. The van der Waals surface area contributed by atoms with Gasteiger partial charge < -0.3 is 10.1 Å². The molecule has 2 nitrogen and oxygen atoms in total. The molecule has 0 aliphatic carbocycles. The van der Waals surface area contributed by atoms with Gasteiger partial charge in [0, 0.05) is 5.56 Å². The molecule has 2 rings (SSSR count). The lowest BCUT2D eigenvalue weighted by Crippen LogP contribution is -2.19. The molecule has 0 heterocycles. The molecule has 0 bridgehead atoms. The number of rotatable bonds is 5. The third kappa shape index (κ3) is 3.79. The van der Waals surface area contributed by atoms with Crippen molar-refractivity contribution in [3.63, 3.8) is 0 Å². The Morgan fingerprint density at radius 2 is 1.62 bits per heavy atom. The Labute approximate surface area is 123 Å². The van der Waals surface area contributed by atoms with E-state index in [4.69, 9.17) is 0 Å². The van der Waals surface area contributed by atoms with Crippen LogP contribution in [0.1, 0.15) is 28.3 Å². The zero-order valence-electron chi connectivity index (χ0n) is 12.4. The Morgan fingerprint density at radius 1 is 1.00 bits per heavy atom. The van der Waals surface area contributed by atoms with Crippen LogP contribution < -0.4 is 10.1 Å². The molecule has 112 valence electrons. The summed E-state index contributed by atoms with van der Waals surface area (Å²) >= 11 is 0. The van der Waals surface area contributed by atoms with E-state index in [9.17, 15) is 8.78 Å². The van der Waals surface area contributed by atoms with Crippen LogP contribution in [0.15, 0.2) is 42.5 Å². The molecule has 0 aliphatic heterocycles. The van der Waals surface area contributed by atoms with Crippen LogP contribution in [-0.4, -0.2) is 13.7 Å². The fourth-order valence-corrected chi connectivity index (χ4v) is 2.60. The van der Waals surface area contributed by atoms with Crippen LogP contribution in [-0.2, 0) is 0 Å². The Bertz CT molecular complexity index is 593. The maximum absolute atomic E-state index is 12.6. The normalized spacial score (nSPS) is 12.5. The third-order valence-corrected chi connectivity index (χ3v) is 3.31. The van der Waals surface area contributed by atoms with Crippen LogP contribution in [0, 0.1) is 13.8 Å². The second kappa shape index (κ2) is 6.68. The average Bonchev–Trinajstić information content (AvgIpc) is 2.40. The van der Waals surface area contributed by atoms with E-state index >= 15 is 0 Å². The van der Waals surface area contributed by atoms with Gasteiger partial charge in [-0.1, -0.05) is 47.5 Å². The number of hydrogen-bond acceptors (Lipinski definition) is 2. The highest BCUT2D eigenvalue weighted by Crippen LogP contribution is 2.31. The van der Waals surface area contributed by atoms with E-state index in [-0.39, 0.29) is 11.8 Å². The van der Waals surface area contributed by atoms with Gasteiger partial charge in [0.1, 0.15) is 5.75 Å². The van der Waals surface area contributed by atoms with Gasteiger partial charge in [-0.05, 0) is 32.5 Å². The molecular weight excluding hydrogens is 272 g/mol. The van der Waals surface area contributed by atoms with E-state index in [0.29, 0.717) is 5.56 Å². The highest BCUT2D eigenvalue weighted by atomic mass is 19.3. The van der Waals surface area contributed by atoms with Gasteiger partial charge in [0.05, 0.1) is 6.04 Å². The minimum absolute atomic E-state index is 0.196. The number of aryl methyl sites for hydroxylation is 2. The number of nitrogens with one attached hydrogen (secondary N) is 1. The van der Waals surface area contributed by atoms with Crippen LogP contribution in [0.5, 0.6) is 5.75 Å². The van der Waals surface area contributed by atoms with E-state index in [1.54, 1.807) is 18.2 Å². The van der Waals surface area contributed by atoms with E-state index in [2.05, 4.69) is 16.1 Å². The molecule has 0 saturated carbocycles. The first kappa shape index (κ1) is 15.4. The maximum Gasteiger partial charge on any atom is 0.387 e. The lowest BCUT2D eigenvalue weighted by Gasteiger charge is -2.21. The lowest BCUT2D eigenvalue weighted by atomic mass is 9.95. The summed E-state index contributed by atoms with van der Waals surface area (Å²) in [6.45, 7) is 1.21. The highest BCUT2D eigenvalue weighted by Gasteiger charge is 2.18. The molecule has 0 spiro atoms. The van der Waals surface area contributed by atoms with Gasteiger partial charge in [-0.3, -0.25) is 0 Å². The van der Waals surface area contributed by atoms with Crippen molar-refractivity contribution in [1.29, 1.82) is 0 Å². The minimum atomic E-state index is -2.83. The second-order valence-corrected chi connectivity index (χ2v) is 5.06. The molecule has 2 aromatic rings. The third-order valence-electron chi connectivity index (χ3n) is 3.31. The molecule has 0 fully saturated rings. The molecular formula is C17H19F2NO. The Kier molecular flexibility index (Phi) is 4.91. The molecule has 1 atom stereocenters. The van der Waals surface area contributed by atoms with Crippen molar-refractivity contribution < 1.29 is 13.5 Å². The first-order valence-corrected chi connectivity index (χ1v) is 6.80. The van der Waals surface area contributed by atoms with Gasteiger partial charge in [-0.25, -0.2) is 0 Å². The summed E-state index contributed by atoms with van der Waals surface area (Å²) < 4.78 is 29.7. The van der Waals surface area contributed by atoms with Crippen LogP contribution in [0.3, 0.4) is 0 Å². The number of benzene rings is 2. The molecule has 4 heteroatoms. The second-order valence-electron chi connectivity index (χ2n) is 5.06. The average molecular weight is 291 g/mol. The first-order chi connectivity index (χ1) is 10.0. The lowest BCUT2D eigenvalue weighted by molar-refractivity contribution is -0.0506. The molecule has 0 radical (unpaired) electrons. The number of para-hydroxylation sites is 1. The van der Waals surface area contributed by atoms with E-state index in [1.165, 1.54) is 0 Å². The number of alkyl halides is 2. The number of hydrogen-bond donors (Lipinski definition) is 1. The van der Waals surface area contributed by atoms with Gasteiger partial charge in [0.25, 0.3) is 0 Å². The maximum atomic E-state index is 12.6. The molecule has 0 amide bonds. The predicted octanol–water partition coefficient (Wildman–Crippen LogP) is 4.21. The summed E-state index contributed by atoms with van der Waals surface area (Å²) in [5, 5.41) is 3.18. The zero-order chi connectivity index (χ0) is 15.4. The van der Waals surface area contributed by atoms with Crippen molar-refractivity contribution in [2.75, 3.05) is 7.05 Å². The Morgan fingerprint density at radius 3 is 2.19 bits per heavy atom. The van der Waals surface area contributed by atoms with Crippen molar-refractivity contribution in [3.05, 3.63) is 64.7 Å². The monoisotopic (exact) mass is 291 g/mol. The van der Waals surface area contributed by atoms with Gasteiger partial charge in [-0.2, -0.15) is 8.78 Å². The van der Waals surface area contributed by atoms with Gasteiger partial charge in [0.2, 0.25) is 0 Å². The van der Waals surface area contributed by atoms with Crippen molar-refractivity contribution in [3.8, 4) is 5.75 Å². The minimum Gasteiger partial charge on any atom is -0.434 e. The van der Waals surface area contributed by atoms with Crippen molar-refractivity contribution in [2.24, 2.45) is 0 Å². The van der Waals surface area contributed by atoms with Crippen molar-refractivity contribution >= 4 is 0 Å². The summed E-state index contributed by atoms with van der Waals surface area (Å²) in [7, 11) is 1.81. The predicted molar refractivity (Wildman–Crippen MR) is 79.9 cm³/mol. The number of ether oxygens (including phenoxy) is 1. The van der Waals surface area contributed by atoms with Crippen molar-refractivity contribution in [1.82, 2.24) is 5.32 Å². The summed E-state index contributed by atoms with van der Waals surface area (Å²) in [5.41, 5.74) is 4.00. The molecule has 2 aromatic carbocycles. The van der Waals surface area contributed by atoms with E-state index in [0.717, 1.165) is 16.7 Å². The van der Waals surface area contributed by atoms with Crippen LogP contribution >= 0.6 is 0 Å². The quantitative estimate of drug-likeness (QED) is 0.891. The summed E-state index contributed by atoms with van der Waals surface area (Å²) in [4.78, 5) is 0. The number of halogens is 2. The van der Waals surface area contributed by atoms with Gasteiger partial charge >= 0.3 is 6.61 Å². The van der Waals surface area contributed by atoms with Crippen LogP contribution in [0.4, 0.5) is 8.78 Å². The van der Waals surface area contributed by atoms with Crippen LogP contribution in [0.2, 0.25) is 0 Å². The molecule has 1 N–H and O–H groups in total. The summed E-state index contributed by atoms with van der Waals surface area (Å²) in [6, 6.07) is 12.9. The smallest absolute Gasteiger partial charge is 0.387 e. The van der Waals surface area contributed by atoms with Gasteiger partial charge in [0.15, 0.2) is 0 Å². The van der Waals surface area contributed by atoms with Gasteiger partial charge in [-0.15, -0.1) is 0 Å². The van der Waals surface area contributed by atoms with E-state index < -0.39 is 6.61 Å². The van der Waals surface area contributed by atoms with Crippen LogP contribution in [0.25, 0.3) is 0 Å². The van der Waals surface area contributed by atoms with E-state index in [1.807, 2.05) is 39.1 Å².